The van der Waals surface area contributed by atoms with Gasteiger partial charge in [0.25, 0.3) is 0 Å². The second-order valence-corrected chi connectivity index (χ2v) is 3.62. The van der Waals surface area contributed by atoms with Gasteiger partial charge in [0.2, 0.25) is 0 Å². The fraction of sp³-hybridized carbons (Fsp3) is 0.111. The number of aromatic amines is 1. The summed E-state index contributed by atoms with van der Waals surface area (Å²) < 4.78 is 0.761. The van der Waals surface area contributed by atoms with E-state index in [1.165, 1.54) is 0 Å². The molecule has 0 bridgehead atoms. The SMILES string of the molecule is CC(=O)c1c[nH]c2cc(Br)ncc12. The minimum atomic E-state index is 0.0513. The van der Waals surface area contributed by atoms with E-state index in [1.54, 1.807) is 19.3 Å². The molecule has 2 aromatic rings. The Kier molecular flexibility index (Phi) is 1.92. The predicted molar refractivity (Wildman–Crippen MR) is 53.8 cm³/mol. The van der Waals surface area contributed by atoms with E-state index in [-0.39, 0.29) is 5.78 Å². The third-order valence-electron chi connectivity index (χ3n) is 1.91. The van der Waals surface area contributed by atoms with Crippen LogP contribution >= 0.6 is 15.9 Å². The average molecular weight is 239 g/mol. The Balaban J connectivity index is 2.76. The molecule has 0 aromatic carbocycles. The zero-order chi connectivity index (χ0) is 9.42. The highest BCUT2D eigenvalue weighted by Crippen LogP contribution is 2.20. The molecule has 0 radical (unpaired) electrons. The van der Waals surface area contributed by atoms with Crippen molar-refractivity contribution >= 4 is 32.6 Å². The van der Waals surface area contributed by atoms with Crippen molar-refractivity contribution < 1.29 is 4.79 Å². The van der Waals surface area contributed by atoms with Crippen LogP contribution in [0.3, 0.4) is 0 Å². The van der Waals surface area contributed by atoms with Crippen LogP contribution in [0.5, 0.6) is 0 Å². The number of H-pyrrole nitrogens is 1. The monoisotopic (exact) mass is 238 g/mol. The van der Waals surface area contributed by atoms with E-state index in [9.17, 15) is 4.79 Å². The summed E-state index contributed by atoms with van der Waals surface area (Å²) in [6.45, 7) is 1.55. The number of hydrogen-bond donors (Lipinski definition) is 1. The molecule has 0 aliphatic heterocycles. The van der Waals surface area contributed by atoms with Crippen molar-refractivity contribution in [3.05, 3.63) is 28.6 Å². The number of nitrogens with zero attached hydrogens (tertiary/aromatic N) is 1. The normalized spacial score (nSPS) is 10.6. The summed E-state index contributed by atoms with van der Waals surface area (Å²) in [5.41, 5.74) is 1.61. The number of carbonyl (C=O) groups is 1. The molecule has 2 aromatic heterocycles. The minimum absolute atomic E-state index is 0.0513. The smallest absolute Gasteiger partial charge is 0.162 e. The number of hydrogen-bond acceptors (Lipinski definition) is 2. The van der Waals surface area contributed by atoms with Crippen molar-refractivity contribution in [2.24, 2.45) is 0 Å². The van der Waals surface area contributed by atoms with E-state index in [2.05, 4.69) is 25.9 Å². The van der Waals surface area contributed by atoms with Crippen molar-refractivity contribution in [3.63, 3.8) is 0 Å². The quantitative estimate of drug-likeness (QED) is 0.613. The molecule has 66 valence electrons. The summed E-state index contributed by atoms with van der Waals surface area (Å²) in [7, 11) is 0. The Morgan fingerprint density at radius 3 is 3.08 bits per heavy atom. The van der Waals surface area contributed by atoms with Crippen LogP contribution < -0.4 is 0 Å². The number of halogens is 1. The lowest BCUT2D eigenvalue weighted by atomic mass is 10.2. The zero-order valence-corrected chi connectivity index (χ0v) is 8.55. The van der Waals surface area contributed by atoms with Gasteiger partial charge in [0.1, 0.15) is 4.60 Å². The van der Waals surface area contributed by atoms with Crippen molar-refractivity contribution in [1.29, 1.82) is 0 Å². The van der Waals surface area contributed by atoms with Crippen molar-refractivity contribution in [3.8, 4) is 0 Å². The van der Waals surface area contributed by atoms with Crippen LogP contribution in [0.1, 0.15) is 17.3 Å². The third kappa shape index (κ3) is 1.37. The largest absolute Gasteiger partial charge is 0.360 e. The molecule has 13 heavy (non-hydrogen) atoms. The Labute approximate surface area is 83.3 Å². The van der Waals surface area contributed by atoms with E-state index in [0.29, 0.717) is 5.56 Å². The van der Waals surface area contributed by atoms with Gasteiger partial charge in [-0.05, 0) is 28.9 Å². The first kappa shape index (κ1) is 8.44. The van der Waals surface area contributed by atoms with Crippen LogP contribution in [0.4, 0.5) is 0 Å². The number of fused-ring (bicyclic) bond motifs is 1. The molecule has 0 amide bonds. The highest BCUT2D eigenvalue weighted by molar-refractivity contribution is 9.10. The number of Topliss-reactive ketones (excluding diaryl/α,β-unsaturated/α-hetero) is 1. The number of carbonyl (C=O) groups excluding carboxylic acids is 1. The molecule has 0 fully saturated rings. The molecule has 2 rings (SSSR count). The van der Waals surface area contributed by atoms with Crippen LogP contribution in [0.2, 0.25) is 0 Å². The molecular formula is C9H7BrN2O. The molecule has 0 atom stereocenters. The Hall–Kier alpha value is -1.16. The van der Waals surface area contributed by atoms with Crippen LogP contribution in [0, 0.1) is 0 Å². The van der Waals surface area contributed by atoms with Crippen LogP contribution in [-0.4, -0.2) is 15.8 Å². The summed E-state index contributed by atoms with van der Waals surface area (Å²) in [6.07, 6.45) is 3.40. The number of aromatic nitrogens is 2. The van der Waals surface area contributed by atoms with E-state index < -0.39 is 0 Å². The van der Waals surface area contributed by atoms with Crippen LogP contribution in [0.25, 0.3) is 10.9 Å². The first-order chi connectivity index (χ1) is 6.18. The highest BCUT2D eigenvalue weighted by atomic mass is 79.9. The van der Waals surface area contributed by atoms with E-state index >= 15 is 0 Å². The Morgan fingerprint density at radius 2 is 2.38 bits per heavy atom. The maximum Gasteiger partial charge on any atom is 0.162 e. The third-order valence-corrected chi connectivity index (χ3v) is 2.35. The van der Waals surface area contributed by atoms with Crippen molar-refractivity contribution in [2.45, 2.75) is 6.92 Å². The molecule has 4 heteroatoms. The van der Waals surface area contributed by atoms with E-state index in [1.807, 2.05) is 6.07 Å². The van der Waals surface area contributed by atoms with Gasteiger partial charge >= 0.3 is 0 Å². The van der Waals surface area contributed by atoms with Gasteiger partial charge in [-0.15, -0.1) is 0 Å². The van der Waals surface area contributed by atoms with Gasteiger partial charge in [-0.1, -0.05) is 0 Å². The molecule has 0 aliphatic rings. The fourth-order valence-electron chi connectivity index (χ4n) is 1.28. The average Bonchev–Trinajstić information content (AvgIpc) is 2.46. The zero-order valence-electron chi connectivity index (χ0n) is 6.97. The molecule has 0 aliphatic carbocycles. The van der Waals surface area contributed by atoms with Gasteiger partial charge in [-0.2, -0.15) is 0 Å². The van der Waals surface area contributed by atoms with E-state index in [4.69, 9.17) is 0 Å². The number of pyridine rings is 1. The molecule has 0 saturated carbocycles. The van der Waals surface area contributed by atoms with Gasteiger partial charge in [0.05, 0.1) is 5.52 Å². The van der Waals surface area contributed by atoms with Gasteiger partial charge in [-0.25, -0.2) is 4.98 Å². The van der Waals surface area contributed by atoms with Crippen molar-refractivity contribution in [2.75, 3.05) is 0 Å². The van der Waals surface area contributed by atoms with Gasteiger partial charge < -0.3 is 4.98 Å². The summed E-state index contributed by atoms with van der Waals surface area (Å²) in [6, 6.07) is 1.85. The standard InChI is InChI=1S/C9H7BrN2O/c1-5(13)6-3-11-8-2-9(10)12-4-7(6)8/h2-4,11H,1H3. The Morgan fingerprint density at radius 1 is 1.62 bits per heavy atom. The molecule has 3 nitrogen and oxygen atoms in total. The lowest BCUT2D eigenvalue weighted by molar-refractivity contribution is 0.101. The molecule has 0 saturated heterocycles. The lowest BCUT2D eigenvalue weighted by Crippen LogP contribution is -1.88. The molecular weight excluding hydrogens is 232 g/mol. The first-order valence-electron chi connectivity index (χ1n) is 3.82. The second-order valence-electron chi connectivity index (χ2n) is 2.81. The predicted octanol–water partition coefficient (Wildman–Crippen LogP) is 2.53. The summed E-state index contributed by atoms with van der Waals surface area (Å²) in [5.74, 6) is 0.0513. The summed E-state index contributed by atoms with van der Waals surface area (Å²) in [4.78, 5) is 18.2. The molecule has 2 heterocycles. The maximum absolute atomic E-state index is 11.1. The first-order valence-corrected chi connectivity index (χ1v) is 4.61. The van der Waals surface area contributed by atoms with Gasteiger partial charge in [0.15, 0.2) is 5.78 Å². The van der Waals surface area contributed by atoms with Crippen LogP contribution in [0.15, 0.2) is 23.1 Å². The molecule has 0 spiro atoms. The second kappa shape index (κ2) is 2.96. The lowest BCUT2D eigenvalue weighted by Gasteiger charge is -1.92. The minimum Gasteiger partial charge on any atom is -0.360 e. The van der Waals surface area contributed by atoms with Gasteiger partial charge in [-0.3, -0.25) is 4.79 Å². The van der Waals surface area contributed by atoms with Crippen LogP contribution in [-0.2, 0) is 0 Å². The number of nitrogens with one attached hydrogen (secondary N) is 1. The van der Waals surface area contributed by atoms with Crippen molar-refractivity contribution in [1.82, 2.24) is 9.97 Å². The summed E-state index contributed by atoms with van der Waals surface area (Å²) in [5, 5.41) is 0.871. The fourth-order valence-corrected chi connectivity index (χ4v) is 1.61. The molecule has 0 unspecified atom stereocenters. The topological polar surface area (TPSA) is 45.8 Å². The van der Waals surface area contributed by atoms with Gasteiger partial charge in [0, 0.05) is 23.3 Å². The Bertz CT molecular complexity index is 475. The number of ketones is 1. The molecule has 1 N–H and O–H groups in total. The van der Waals surface area contributed by atoms with E-state index in [0.717, 1.165) is 15.5 Å². The highest BCUT2D eigenvalue weighted by Gasteiger charge is 2.07. The maximum atomic E-state index is 11.1. The number of rotatable bonds is 1. The summed E-state index contributed by atoms with van der Waals surface area (Å²) >= 11 is 3.26.